The summed E-state index contributed by atoms with van der Waals surface area (Å²) in [6.45, 7) is 6.66. The third-order valence-electron chi connectivity index (χ3n) is 10.3. The number of hydrogen-bond acceptors (Lipinski definition) is 5. The Morgan fingerprint density at radius 1 is 0.500 bits per heavy atom. The van der Waals surface area contributed by atoms with E-state index in [0.29, 0.717) is 17.5 Å². The Morgan fingerprint density at radius 2 is 1.15 bits per heavy atom. The van der Waals surface area contributed by atoms with Crippen molar-refractivity contribution in [3.63, 3.8) is 0 Å². The number of fused-ring (bicyclic) bond motifs is 6. The topological polar surface area (TPSA) is 69.6 Å². The van der Waals surface area contributed by atoms with Crippen molar-refractivity contribution in [2.24, 2.45) is 0 Å². The highest BCUT2D eigenvalue weighted by molar-refractivity contribution is 6.15. The van der Waals surface area contributed by atoms with Crippen LogP contribution in [0, 0.1) is 0 Å². The van der Waals surface area contributed by atoms with E-state index in [1.165, 1.54) is 5.56 Å². The Labute approximate surface area is 312 Å². The number of para-hydroxylation sites is 2. The minimum Gasteiger partial charge on any atom is -0.456 e. The highest BCUT2D eigenvalue weighted by Gasteiger charge is 2.21. The number of pyridine rings is 1. The Bertz CT molecular complexity index is 3020. The number of nitrogens with zero attached hydrogens (tertiary/aromatic N) is 5. The zero-order valence-electron chi connectivity index (χ0n) is 30.2. The molecule has 0 aliphatic heterocycles. The standard InChI is InChI=1S/C48H35N5O/c1-48(2,3)33-23-20-31(21-24-33)46-50-45(30-12-5-4-6-13-30)51-47(52-46)36-26-27-49-29-41(36)53-39-17-9-7-14-35(39)38-28-32(22-25-40(38)53)34-16-11-19-43-44(34)37-15-8-10-18-42(37)54-43/h4-29H,1-3H3. The van der Waals surface area contributed by atoms with E-state index in [0.717, 1.165) is 77.2 Å². The Morgan fingerprint density at radius 3 is 1.94 bits per heavy atom. The Balaban J connectivity index is 1.17. The van der Waals surface area contributed by atoms with Crippen molar-refractivity contribution in [2.45, 2.75) is 26.2 Å². The third kappa shape index (κ3) is 5.26. The fraction of sp³-hybridized carbons (Fsp3) is 0.0833. The lowest BCUT2D eigenvalue weighted by Crippen LogP contribution is -2.10. The summed E-state index contributed by atoms with van der Waals surface area (Å²) in [5.74, 6) is 1.82. The van der Waals surface area contributed by atoms with Crippen LogP contribution in [0.25, 0.3) is 94.7 Å². The van der Waals surface area contributed by atoms with Gasteiger partial charge in [0.25, 0.3) is 0 Å². The first kappa shape index (κ1) is 31.8. The molecule has 0 saturated heterocycles. The molecule has 0 amide bonds. The van der Waals surface area contributed by atoms with Gasteiger partial charge in [-0.3, -0.25) is 4.98 Å². The highest BCUT2D eigenvalue weighted by atomic mass is 16.3. The smallest absolute Gasteiger partial charge is 0.166 e. The van der Waals surface area contributed by atoms with Gasteiger partial charge in [0.15, 0.2) is 17.5 Å². The van der Waals surface area contributed by atoms with Gasteiger partial charge in [-0.05, 0) is 58.5 Å². The molecule has 0 bridgehead atoms. The number of rotatable bonds is 5. The van der Waals surface area contributed by atoms with Crippen LogP contribution in [-0.4, -0.2) is 24.5 Å². The van der Waals surface area contributed by atoms with Crippen LogP contribution in [-0.2, 0) is 5.41 Å². The first-order valence-electron chi connectivity index (χ1n) is 18.2. The van der Waals surface area contributed by atoms with Gasteiger partial charge in [0.05, 0.1) is 22.9 Å². The molecule has 10 aromatic rings. The maximum absolute atomic E-state index is 6.25. The molecule has 0 aliphatic rings. The van der Waals surface area contributed by atoms with Gasteiger partial charge in [0, 0.05) is 44.4 Å². The summed E-state index contributed by atoms with van der Waals surface area (Å²) in [7, 11) is 0. The predicted molar refractivity (Wildman–Crippen MR) is 220 cm³/mol. The van der Waals surface area contributed by atoms with Crippen LogP contribution in [0.3, 0.4) is 0 Å². The molecular formula is C48H35N5O. The molecule has 10 rings (SSSR count). The molecule has 0 N–H and O–H groups in total. The van der Waals surface area contributed by atoms with Crippen molar-refractivity contribution >= 4 is 43.7 Å². The molecule has 6 heteroatoms. The fourth-order valence-corrected chi connectivity index (χ4v) is 7.63. The molecular weight excluding hydrogens is 663 g/mol. The third-order valence-corrected chi connectivity index (χ3v) is 10.3. The molecule has 4 heterocycles. The van der Waals surface area contributed by atoms with Gasteiger partial charge < -0.3 is 8.98 Å². The molecule has 0 aliphatic carbocycles. The van der Waals surface area contributed by atoms with Gasteiger partial charge in [0.1, 0.15) is 11.2 Å². The molecule has 0 spiro atoms. The van der Waals surface area contributed by atoms with Crippen molar-refractivity contribution in [1.29, 1.82) is 0 Å². The fourth-order valence-electron chi connectivity index (χ4n) is 7.63. The van der Waals surface area contributed by atoms with Crippen molar-refractivity contribution < 1.29 is 4.42 Å². The number of aromatic nitrogens is 5. The number of benzene rings is 6. The van der Waals surface area contributed by atoms with Gasteiger partial charge in [-0.1, -0.05) is 130 Å². The van der Waals surface area contributed by atoms with Gasteiger partial charge in [-0.25, -0.2) is 15.0 Å². The van der Waals surface area contributed by atoms with Crippen molar-refractivity contribution in [3.8, 4) is 51.0 Å². The molecule has 0 atom stereocenters. The molecule has 54 heavy (non-hydrogen) atoms. The van der Waals surface area contributed by atoms with Gasteiger partial charge in [-0.2, -0.15) is 0 Å². The molecule has 0 radical (unpaired) electrons. The van der Waals surface area contributed by atoms with Crippen LogP contribution in [0.2, 0.25) is 0 Å². The average Bonchev–Trinajstić information content (AvgIpc) is 3.76. The van der Waals surface area contributed by atoms with E-state index in [1.807, 2.05) is 67.0 Å². The van der Waals surface area contributed by atoms with E-state index in [-0.39, 0.29) is 5.41 Å². The minimum atomic E-state index is 0.0357. The van der Waals surface area contributed by atoms with E-state index < -0.39 is 0 Å². The summed E-state index contributed by atoms with van der Waals surface area (Å²) in [5, 5.41) is 4.53. The van der Waals surface area contributed by atoms with Crippen LogP contribution in [0.4, 0.5) is 0 Å². The maximum atomic E-state index is 6.25. The summed E-state index contributed by atoms with van der Waals surface area (Å²) < 4.78 is 8.54. The summed E-state index contributed by atoms with van der Waals surface area (Å²) in [4.78, 5) is 19.9. The van der Waals surface area contributed by atoms with Crippen LogP contribution in [0.1, 0.15) is 26.3 Å². The average molecular weight is 698 g/mol. The first-order chi connectivity index (χ1) is 26.4. The van der Waals surface area contributed by atoms with E-state index in [1.54, 1.807) is 0 Å². The van der Waals surface area contributed by atoms with Crippen LogP contribution >= 0.6 is 0 Å². The summed E-state index contributed by atoms with van der Waals surface area (Å²) in [6.07, 6.45) is 3.72. The van der Waals surface area contributed by atoms with Crippen LogP contribution in [0.5, 0.6) is 0 Å². The molecule has 4 aromatic heterocycles. The zero-order valence-corrected chi connectivity index (χ0v) is 30.2. The lowest BCUT2D eigenvalue weighted by atomic mass is 9.87. The second-order valence-electron chi connectivity index (χ2n) is 14.8. The lowest BCUT2D eigenvalue weighted by Gasteiger charge is -2.19. The monoisotopic (exact) mass is 697 g/mol. The van der Waals surface area contributed by atoms with Crippen molar-refractivity contribution in [1.82, 2.24) is 24.5 Å². The quantitative estimate of drug-likeness (QED) is 0.179. The van der Waals surface area contributed by atoms with Gasteiger partial charge >= 0.3 is 0 Å². The van der Waals surface area contributed by atoms with E-state index in [9.17, 15) is 0 Å². The van der Waals surface area contributed by atoms with E-state index >= 15 is 0 Å². The Kier molecular flexibility index (Phi) is 7.27. The zero-order chi connectivity index (χ0) is 36.4. The summed E-state index contributed by atoms with van der Waals surface area (Å²) >= 11 is 0. The molecule has 6 nitrogen and oxygen atoms in total. The lowest BCUT2D eigenvalue weighted by molar-refractivity contribution is 0.590. The largest absolute Gasteiger partial charge is 0.456 e. The normalized spacial score (nSPS) is 12.0. The first-order valence-corrected chi connectivity index (χ1v) is 18.2. The van der Waals surface area contributed by atoms with E-state index in [2.05, 4.69) is 121 Å². The SMILES string of the molecule is CC(C)(C)c1ccc(-c2nc(-c3ccccc3)nc(-c3ccncc3-n3c4ccccc4c4cc(-c5cccc6oc7ccccc7c56)ccc43)n2)cc1. The molecule has 0 fully saturated rings. The van der Waals surface area contributed by atoms with Crippen molar-refractivity contribution in [2.75, 3.05) is 0 Å². The number of furan rings is 1. The predicted octanol–water partition coefficient (Wildman–Crippen LogP) is 12.2. The molecule has 258 valence electrons. The number of hydrogen-bond donors (Lipinski definition) is 0. The van der Waals surface area contributed by atoms with Gasteiger partial charge in [-0.15, -0.1) is 0 Å². The van der Waals surface area contributed by atoms with Crippen molar-refractivity contribution in [3.05, 3.63) is 164 Å². The second kappa shape index (κ2) is 12.3. The maximum Gasteiger partial charge on any atom is 0.166 e. The molecule has 6 aromatic carbocycles. The van der Waals surface area contributed by atoms with Gasteiger partial charge in [0.2, 0.25) is 0 Å². The van der Waals surface area contributed by atoms with E-state index in [4.69, 9.17) is 19.4 Å². The summed E-state index contributed by atoms with van der Waals surface area (Å²) in [5.41, 5.74) is 11.1. The van der Waals surface area contributed by atoms with Crippen LogP contribution < -0.4 is 0 Å². The summed E-state index contributed by atoms with van der Waals surface area (Å²) in [6, 6.07) is 50.5. The Hall–Kier alpha value is -6.92. The minimum absolute atomic E-state index is 0.0357. The molecule has 0 unspecified atom stereocenters. The molecule has 0 saturated carbocycles. The second-order valence-corrected chi connectivity index (χ2v) is 14.8. The van der Waals surface area contributed by atoms with Crippen LogP contribution in [0.15, 0.2) is 162 Å². The highest BCUT2D eigenvalue weighted by Crippen LogP contribution is 2.41.